The predicted molar refractivity (Wildman–Crippen MR) is 73.5 cm³/mol. The SMILES string of the molecule is Cc1nc(CCNc2cnn(C)c(=O)c2Cl)cs1. The maximum absolute atomic E-state index is 11.5. The van der Waals surface area contributed by atoms with E-state index in [1.54, 1.807) is 24.6 Å². The second kappa shape index (κ2) is 5.49. The number of aryl methyl sites for hydroxylation is 2. The van der Waals surface area contributed by atoms with Crippen LogP contribution in [0.3, 0.4) is 0 Å². The van der Waals surface area contributed by atoms with Crippen LogP contribution < -0.4 is 10.9 Å². The van der Waals surface area contributed by atoms with Crippen LogP contribution in [-0.4, -0.2) is 21.3 Å². The van der Waals surface area contributed by atoms with Crippen molar-refractivity contribution in [3.05, 3.63) is 37.7 Å². The summed E-state index contributed by atoms with van der Waals surface area (Å²) in [6.07, 6.45) is 2.34. The molecule has 2 rings (SSSR count). The minimum absolute atomic E-state index is 0.168. The van der Waals surface area contributed by atoms with E-state index in [9.17, 15) is 4.79 Å². The first kappa shape index (κ1) is 13.0. The van der Waals surface area contributed by atoms with E-state index in [1.807, 2.05) is 12.3 Å². The third-order valence-electron chi connectivity index (χ3n) is 2.44. The van der Waals surface area contributed by atoms with Gasteiger partial charge in [0.2, 0.25) is 0 Å². The number of rotatable bonds is 4. The lowest BCUT2D eigenvalue weighted by Gasteiger charge is -2.07. The van der Waals surface area contributed by atoms with Gasteiger partial charge in [-0.05, 0) is 6.92 Å². The van der Waals surface area contributed by atoms with Crippen molar-refractivity contribution in [2.75, 3.05) is 11.9 Å². The van der Waals surface area contributed by atoms with Crippen LogP contribution in [0.4, 0.5) is 5.69 Å². The lowest BCUT2D eigenvalue weighted by molar-refractivity contribution is 0.708. The summed E-state index contributed by atoms with van der Waals surface area (Å²) in [5.41, 5.74) is 1.30. The minimum Gasteiger partial charge on any atom is -0.382 e. The van der Waals surface area contributed by atoms with E-state index >= 15 is 0 Å². The van der Waals surface area contributed by atoms with E-state index in [0.29, 0.717) is 12.2 Å². The van der Waals surface area contributed by atoms with Crippen LogP contribution in [0.25, 0.3) is 0 Å². The minimum atomic E-state index is -0.300. The molecule has 1 N–H and O–H groups in total. The van der Waals surface area contributed by atoms with E-state index in [-0.39, 0.29) is 10.6 Å². The summed E-state index contributed by atoms with van der Waals surface area (Å²) < 4.78 is 1.21. The van der Waals surface area contributed by atoms with Crippen LogP contribution in [0.2, 0.25) is 5.02 Å². The van der Waals surface area contributed by atoms with Gasteiger partial charge in [-0.3, -0.25) is 4.79 Å². The zero-order chi connectivity index (χ0) is 13.1. The monoisotopic (exact) mass is 284 g/mol. The maximum atomic E-state index is 11.5. The number of nitrogens with one attached hydrogen (secondary N) is 1. The molecule has 0 saturated heterocycles. The third kappa shape index (κ3) is 2.88. The first-order valence-corrected chi connectivity index (χ1v) is 6.70. The quantitative estimate of drug-likeness (QED) is 0.931. The third-order valence-corrected chi connectivity index (χ3v) is 3.63. The van der Waals surface area contributed by atoms with E-state index in [2.05, 4.69) is 15.4 Å². The molecule has 0 radical (unpaired) electrons. The van der Waals surface area contributed by atoms with Crippen LogP contribution in [0, 0.1) is 6.92 Å². The Morgan fingerprint density at radius 3 is 3.00 bits per heavy atom. The number of aromatic nitrogens is 3. The molecule has 7 heteroatoms. The van der Waals surface area contributed by atoms with Gasteiger partial charge in [0.1, 0.15) is 5.02 Å². The van der Waals surface area contributed by atoms with Crippen LogP contribution in [0.5, 0.6) is 0 Å². The first-order valence-electron chi connectivity index (χ1n) is 5.44. The molecule has 2 heterocycles. The molecule has 0 atom stereocenters. The number of hydrogen-bond acceptors (Lipinski definition) is 5. The van der Waals surface area contributed by atoms with E-state index in [1.165, 1.54) is 4.68 Å². The average molecular weight is 285 g/mol. The molecule has 0 spiro atoms. The Kier molecular flexibility index (Phi) is 3.98. The van der Waals surface area contributed by atoms with Crippen molar-refractivity contribution < 1.29 is 0 Å². The van der Waals surface area contributed by atoms with Gasteiger partial charge < -0.3 is 5.32 Å². The largest absolute Gasteiger partial charge is 0.382 e. The molecular formula is C11H13ClN4OS. The van der Waals surface area contributed by atoms with E-state index in [0.717, 1.165) is 17.1 Å². The number of halogens is 1. The normalized spacial score (nSPS) is 10.6. The number of thiazole rings is 1. The fourth-order valence-electron chi connectivity index (χ4n) is 1.48. The number of anilines is 1. The van der Waals surface area contributed by atoms with Gasteiger partial charge >= 0.3 is 0 Å². The van der Waals surface area contributed by atoms with E-state index in [4.69, 9.17) is 11.6 Å². The molecule has 0 aliphatic rings. The van der Waals surface area contributed by atoms with Gasteiger partial charge in [-0.25, -0.2) is 9.67 Å². The standard InChI is InChI=1S/C11H13ClN4OS/c1-7-15-8(6-18-7)3-4-13-9-5-14-16(2)11(17)10(9)12/h5-6,13H,3-4H2,1-2H3. The molecule has 2 aromatic heterocycles. The molecule has 0 fully saturated rings. The fourth-order valence-corrected chi connectivity index (χ4v) is 2.37. The Morgan fingerprint density at radius 2 is 2.33 bits per heavy atom. The fraction of sp³-hybridized carbons (Fsp3) is 0.364. The summed E-state index contributed by atoms with van der Waals surface area (Å²) in [6.45, 7) is 2.64. The van der Waals surface area contributed by atoms with Gasteiger partial charge in [-0.1, -0.05) is 11.6 Å². The van der Waals surface area contributed by atoms with E-state index < -0.39 is 0 Å². The van der Waals surface area contributed by atoms with Crippen molar-refractivity contribution in [3.8, 4) is 0 Å². The lowest BCUT2D eigenvalue weighted by Crippen LogP contribution is -2.21. The second-order valence-corrected chi connectivity index (χ2v) is 5.28. The molecule has 0 aliphatic heterocycles. The lowest BCUT2D eigenvalue weighted by atomic mass is 10.3. The smallest absolute Gasteiger partial charge is 0.287 e. The van der Waals surface area contributed by atoms with Gasteiger partial charge in [0.05, 0.1) is 22.6 Å². The van der Waals surface area contributed by atoms with Crippen molar-refractivity contribution in [3.63, 3.8) is 0 Å². The highest BCUT2D eigenvalue weighted by molar-refractivity contribution is 7.09. The van der Waals surface area contributed by atoms with Crippen LogP contribution in [0.15, 0.2) is 16.4 Å². The summed E-state index contributed by atoms with van der Waals surface area (Å²) in [4.78, 5) is 15.9. The van der Waals surface area contributed by atoms with Crippen molar-refractivity contribution in [1.82, 2.24) is 14.8 Å². The second-order valence-electron chi connectivity index (χ2n) is 3.84. The van der Waals surface area contributed by atoms with Gasteiger partial charge in [0, 0.05) is 25.4 Å². The number of nitrogens with zero attached hydrogens (tertiary/aromatic N) is 3. The highest BCUT2D eigenvalue weighted by atomic mass is 35.5. The average Bonchev–Trinajstić information content (AvgIpc) is 2.75. The summed E-state index contributed by atoms with van der Waals surface area (Å²) in [7, 11) is 1.57. The highest BCUT2D eigenvalue weighted by Gasteiger charge is 2.06. The summed E-state index contributed by atoms with van der Waals surface area (Å²) in [5.74, 6) is 0. The molecule has 5 nitrogen and oxygen atoms in total. The van der Waals surface area contributed by atoms with Gasteiger partial charge in [-0.2, -0.15) is 5.10 Å². The molecule has 0 aliphatic carbocycles. The van der Waals surface area contributed by atoms with Crippen LogP contribution >= 0.6 is 22.9 Å². The molecule has 0 unspecified atom stereocenters. The molecule has 2 aromatic rings. The molecule has 0 amide bonds. The zero-order valence-electron chi connectivity index (χ0n) is 10.1. The Bertz CT molecular complexity index is 607. The van der Waals surface area contributed by atoms with Gasteiger partial charge in [0.25, 0.3) is 5.56 Å². The first-order chi connectivity index (χ1) is 8.58. The Labute approximate surface area is 113 Å². The van der Waals surface area contributed by atoms with Crippen LogP contribution in [-0.2, 0) is 13.5 Å². The topological polar surface area (TPSA) is 59.8 Å². The van der Waals surface area contributed by atoms with Gasteiger partial charge in [-0.15, -0.1) is 11.3 Å². The maximum Gasteiger partial charge on any atom is 0.287 e. The Balaban J connectivity index is 1.99. The Hall–Kier alpha value is -1.40. The van der Waals surface area contributed by atoms with Crippen molar-refractivity contribution >= 4 is 28.6 Å². The van der Waals surface area contributed by atoms with Crippen molar-refractivity contribution in [1.29, 1.82) is 0 Å². The predicted octanol–water partition coefficient (Wildman–Crippen LogP) is 1.85. The summed E-state index contributed by atoms with van der Waals surface area (Å²) in [6, 6.07) is 0. The molecule has 0 bridgehead atoms. The Morgan fingerprint density at radius 1 is 1.56 bits per heavy atom. The van der Waals surface area contributed by atoms with Crippen molar-refractivity contribution in [2.45, 2.75) is 13.3 Å². The highest BCUT2D eigenvalue weighted by Crippen LogP contribution is 2.15. The van der Waals surface area contributed by atoms with Crippen molar-refractivity contribution in [2.24, 2.45) is 7.05 Å². The van der Waals surface area contributed by atoms with Gasteiger partial charge in [0.15, 0.2) is 0 Å². The molecule has 96 valence electrons. The molecular weight excluding hydrogens is 272 g/mol. The number of hydrogen-bond donors (Lipinski definition) is 1. The molecule has 0 saturated carbocycles. The summed E-state index contributed by atoms with van der Waals surface area (Å²) >= 11 is 7.56. The molecule has 18 heavy (non-hydrogen) atoms. The van der Waals surface area contributed by atoms with Crippen LogP contribution in [0.1, 0.15) is 10.7 Å². The summed E-state index contributed by atoms with van der Waals surface area (Å²) in [5, 5.41) is 10.3. The zero-order valence-corrected chi connectivity index (χ0v) is 11.7. The molecule has 0 aromatic carbocycles.